The zero-order chi connectivity index (χ0) is 18.9. The molecule has 3 atom stereocenters. The second kappa shape index (κ2) is 7.36. The smallest absolute Gasteiger partial charge is 0.243 e. The highest BCUT2D eigenvalue weighted by molar-refractivity contribution is 7.89. The molecule has 1 unspecified atom stereocenters. The molecule has 1 aliphatic heterocycles. The zero-order valence-corrected chi connectivity index (χ0v) is 15.3. The Labute approximate surface area is 153 Å². The van der Waals surface area contributed by atoms with Crippen LogP contribution < -0.4 is 0 Å². The largest absolute Gasteiger partial charge is 0.508 e. The molecular weight excluding hydrogens is 354 g/mol. The fraction of sp³-hybridized carbons (Fsp3) is 0.368. The topological polar surface area (TPSA) is 98.1 Å². The van der Waals surface area contributed by atoms with Crippen LogP contribution >= 0.6 is 0 Å². The van der Waals surface area contributed by atoms with Crippen molar-refractivity contribution in [1.82, 2.24) is 4.31 Å². The van der Waals surface area contributed by atoms with Crippen LogP contribution in [0.25, 0.3) is 0 Å². The lowest BCUT2D eigenvalue weighted by Crippen LogP contribution is -2.55. The molecule has 0 aliphatic carbocycles. The van der Waals surface area contributed by atoms with Gasteiger partial charge in [-0.05, 0) is 43.2 Å². The van der Waals surface area contributed by atoms with Gasteiger partial charge in [-0.25, -0.2) is 8.42 Å². The zero-order valence-electron chi connectivity index (χ0n) is 14.5. The molecule has 1 heterocycles. The molecule has 7 heteroatoms. The molecule has 26 heavy (non-hydrogen) atoms. The van der Waals surface area contributed by atoms with Crippen LogP contribution in [0.2, 0.25) is 0 Å². The Morgan fingerprint density at radius 3 is 2.27 bits per heavy atom. The molecule has 140 valence electrons. The molecular formula is C19H23NO5S. The quantitative estimate of drug-likeness (QED) is 0.752. The van der Waals surface area contributed by atoms with Crippen LogP contribution in [0, 0.1) is 6.92 Å². The van der Waals surface area contributed by atoms with Gasteiger partial charge < -0.3 is 15.3 Å². The van der Waals surface area contributed by atoms with Crippen molar-refractivity contribution in [3.8, 4) is 5.75 Å². The second-order valence-electron chi connectivity index (χ2n) is 6.66. The number of nitrogens with zero attached hydrogens (tertiary/aromatic N) is 1. The molecule has 1 aliphatic rings. The number of rotatable bonds is 4. The van der Waals surface area contributed by atoms with Crippen molar-refractivity contribution < 1.29 is 23.7 Å². The van der Waals surface area contributed by atoms with E-state index in [0.29, 0.717) is 6.42 Å². The van der Waals surface area contributed by atoms with Gasteiger partial charge in [-0.1, -0.05) is 29.8 Å². The normalized spacial score (nSPS) is 24.5. The lowest BCUT2D eigenvalue weighted by Gasteiger charge is -2.41. The third-order valence-corrected chi connectivity index (χ3v) is 6.91. The Morgan fingerprint density at radius 1 is 1.08 bits per heavy atom. The summed E-state index contributed by atoms with van der Waals surface area (Å²) in [7, 11) is -3.81. The van der Waals surface area contributed by atoms with Gasteiger partial charge >= 0.3 is 0 Å². The molecule has 2 aromatic carbocycles. The number of sulfonamides is 1. The van der Waals surface area contributed by atoms with E-state index >= 15 is 0 Å². The van der Waals surface area contributed by atoms with Crippen LogP contribution in [0.3, 0.4) is 0 Å². The monoisotopic (exact) mass is 377 g/mol. The van der Waals surface area contributed by atoms with Gasteiger partial charge in [0.1, 0.15) is 5.75 Å². The van der Waals surface area contributed by atoms with E-state index in [1.54, 1.807) is 24.3 Å². The summed E-state index contributed by atoms with van der Waals surface area (Å²) in [5.41, 5.74) is 1.76. The number of aliphatic hydroxyl groups excluding tert-OH is 2. The van der Waals surface area contributed by atoms with Crippen molar-refractivity contribution >= 4 is 10.0 Å². The summed E-state index contributed by atoms with van der Waals surface area (Å²) in [6, 6.07) is 12.1. The van der Waals surface area contributed by atoms with Crippen LogP contribution in [0.15, 0.2) is 53.4 Å². The van der Waals surface area contributed by atoms with Gasteiger partial charge in [0.2, 0.25) is 10.0 Å². The summed E-state index contributed by atoms with van der Waals surface area (Å²) < 4.78 is 27.1. The molecule has 1 fully saturated rings. The van der Waals surface area contributed by atoms with Gasteiger partial charge in [0.05, 0.1) is 23.6 Å². The first-order valence-corrected chi connectivity index (χ1v) is 9.95. The molecule has 0 radical (unpaired) electrons. The van der Waals surface area contributed by atoms with Crippen LogP contribution in [0.4, 0.5) is 0 Å². The van der Waals surface area contributed by atoms with E-state index in [4.69, 9.17) is 0 Å². The molecule has 0 bridgehead atoms. The molecule has 0 spiro atoms. The Morgan fingerprint density at radius 2 is 1.69 bits per heavy atom. The van der Waals surface area contributed by atoms with Crippen molar-refractivity contribution in [2.24, 2.45) is 0 Å². The van der Waals surface area contributed by atoms with E-state index in [-0.39, 0.29) is 23.1 Å². The minimum absolute atomic E-state index is 0.126. The van der Waals surface area contributed by atoms with Crippen LogP contribution in [0.5, 0.6) is 5.75 Å². The number of phenolic OH excluding ortho intramolecular Hbond substituents is 1. The number of hydrogen-bond donors (Lipinski definition) is 3. The van der Waals surface area contributed by atoms with Gasteiger partial charge in [-0.2, -0.15) is 4.31 Å². The SMILES string of the molecule is Cc1ccc(S(=O)(=O)N2CC[C@H](c3ccc(O)cc3)[C@@H](O)C2CO)cc1. The number of hydrogen-bond acceptors (Lipinski definition) is 5. The average Bonchev–Trinajstić information content (AvgIpc) is 2.62. The Balaban J connectivity index is 1.89. The van der Waals surface area contributed by atoms with Gasteiger partial charge in [-0.15, -0.1) is 0 Å². The highest BCUT2D eigenvalue weighted by Gasteiger charge is 2.43. The van der Waals surface area contributed by atoms with Gasteiger partial charge in [0.15, 0.2) is 0 Å². The predicted molar refractivity (Wildman–Crippen MR) is 97.4 cm³/mol. The standard InChI is InChI=1S/C19H23NO5S/c1-13-2-8-16(9-3-13)26(24,25)20-11-10-17(19(23)18(20)12-21)14-4-6-15(22)7-5-14/h2-9,17-19,21-23H,10-12H2,1H3/t17-,18?,19-/m1/s1. The van der Waals surface area contributed by atoms with Crippen LogP contribution in [-0.2, 0) is 10.0 Å². The third-order valence-electron chi connectivity index (χ3n) is 4.97. The maximum atomic E-state index is 13.0. The number of benzene rings is 2. The lowest BCUT2D eigenvalue weighted by atomic mass is 9.84. The minimum Gasteiger partial charge on any atom is -0.508 e. The minimum atomic E-state index is -3.81. The fourth-order valence-electron chi connectivity index (χ4n) is 3.47. The summed E-state index contributed by atoms with van der Waals surface area (Å²) in [6.07, 6.45) is -0.619. The Kier molecular flexibility index (Phi) is 5.34. The van der Waals surface area contributed by atoms with Crippen LogP contribution in [0.1, 0.15) is 23.5 Å². The average molecular weight is 377 g/mol. The van der Waals surface area contributed by atoms with Crippen molar-refractivity contribution in [1.29, 1.82) is 0 Å². The van der Waals surface area contributed by atoms with Gasteiger partial charge in [0, 0.05) is 12.5 Å². The van der Waals surface area contributed by atoms with E-state index in [9.17, 15) is 23.7 Å². The highest BCUT2D eigenvalue weighted by Crippen LogP contribution is 2.35. The first-order chi connectivity index (χ1) is 12.3. The van der Waals surface area contributed by atoms with Crippen molar-refractivity contribution in [2.45, 2.75) is 36.3 Å². The van der Waals surface area contributed by atoms with Crippen molar-refractivity contribution in [3.05, 3.63) is 59.7 Å². The molecule has 0 aromatic heterocycles. The number of phenols is 1. The molecule has 0 amide bonds. The molecule has 2 aromatic rings. The van der Waals surface area contributed by atoms with Gasteiger partial charge in [-0.3, -0.25) is 0 Å². The van der Waals surface area contributed by atoms with E-state index < -0.39 is 28.8 Å². The summed E-state index contributed by atoms with van der Waals surface area (Å²) in [4.78, 5) is 0.150. The molecule has 3 N–H and O–H groups in total. The molecule has 0 saturated carbocycles. The Hall–Kier alpha value is -1.93. The first kappa shape index (κ1) is 18.8. The van der Waals surface area contributed by atoms with E-state index in [0.717, 1.165) is 11.1 Å². The lowest BCUT2D eigenvalue weighted by molar-refractivity contribution is 0.00664. The number of aromatic hydroxyl groups is 1. The van der Waals surface area contributed by atoms with Crippen molar-refractivity contribution in [3.63, 3.8) is 0 Å². The summed E-state index contributed by atoms with van der Waals surface area (Å²) in [5.74, 6) is -0.182. The van der Waals surface area contributed by atoms with Crippen LogP contribution in [-0.4, -0.2) is 53.3 Å². The first-order valence-electron chi connectivity index (χ1n) is 8.51. The predicted octanol–water partition coefficient (Wildman–Crippen LogP) is 1.60. The number of aryl methyl sites for hydroxylation is 1. The van der Waals surface area contributed by atoms with E-state index in [1.165, 1.54) is 28.6 Å². The Bertz CT molecular complexity index is 849. The second-order valence-corrected chi connectivity index (χ2v) is 8.55. The highest BCUT2D eigenvalue weighted by atomic mass is 32.2. The maximum Gasteiger partial charge on any atom is 0.243 e. The third kappa shape index (κ3) is 3.48. The van der Waals surface area contributed by atoms with Crippen molar-refractivity contribution in [2.75, 3.05) is 13.2 Å². The number of aliphatic hydroxyl groups is 2. The summed E-state index contributed by atoms with van der Waals surface area (Å²) in [5, 5.41) is 30.0. The van der Waals surface area contributed by atoms with E-state index in [1.807, 2.05) is 6.92 Å². The maximum absolute atomic E-state index is 13.0. The summed E-state index contributed by atoms with van der Waals surface area (Å²) in [6.45, 7) is 1.60. The fourth-order valence-corrected chi connectivity index (χ4v) is 5.11. The molecule has 3 rings (SSSR count). The van der Waals surface area contributed by atoms with E-state index in [2.05, 4.69) is 0 Å². The summed E-state index contributed by atoms with van der Waals surface area (Å²) >= 11 is 0. The molecule has 6 nitrogen and oxygen atoms in total. The number of piperidine rings is 1. The van der Waals surface area contributed by atoms with Gasteiger partial charge in [0.25, 0.3) is 0 Å². The molecule has 1 saturated heterocycles.